The first-order valence-electron chi connectivity index (χ1n) is 8.65. The Morgan fingerprint density at radius 3 is 2.93 bits per heavy atom. The summed E-state index contributed by atoms with van der Waals surface area (Å²) in [6.07, 6.45) is 0. The molecule has 1 heterocycles. The van der Waals surface area contributed by atoms with Gasteiger partial charge in [0.1, 0.15) is 11.8 Å². The van der Waals surface area contributed by atoms with E-state index in [-0.39, 0.29) is 12.5 Å². The van der Waals surface area contributed by atoms with Crippen LogP contribution in [0.4, 0.5) is 0 Å². The number of ether oxygens (including phenoxy) is 1. The van der Waals surface area contributed by atoms with Gasteiger partial charge >= 0.3 is 0 Å². The molecule has 0 radical (unpaired) electrons. The second-order valence-electron chi connectivity index (χ2n) is 5.92. The van der Waals surface area contributed by atoms with Crippen molar-refractivity contribution in [3.63, 3.8) is 0 Å². The van der Waals surface area contributed by atoms with E-state index in [4.69, 9.17) is 10.00 Å². The van der Waals surface area contributed by atoms with Crippen molar-refractivity contribution in [2.75, 3.05) is 6.61 Å². The van der Waals surface area contributed by atoms with Gasteiger partial charge in [0.2, 0.25) is 0 Å². The van der Waals surface area contributed by atoms with Crippen molar-refractivity contribution in [1.29, 1.82) is 5.26 Å². The third-order valence-corrected chi connectivity index (χ3v) is 5.76. The Hall–Kier alpha value is -2.82. The molecule has 1 aromatic heterocycles. The maximum absolute atomic E-state index is 12.7. The van der Waals surface area contributed by atoms with Gasteiger partial charge in [-0.1, -0.05) is 24.3 Å². The first-order valence-corrected chi connectivity index (χ1v) is 10.5. The maximum Gasteiger partial charge on any atom is 0.252 e. The van der Waals surface area contributed by atoms with Crippen LogP contribution in [0, 0.1) is 18.3 Å². The summed E-state index contributed by atoms with van der Waals surface area (Å²) in [4.78, 5) is 18.1. The summed E-state index contributed by atoms with van der Waals surface area (Å²) in [6.45, 7) is 2.37. The van der Waals surface area contributed by atoms with Crippen LogP contribution in [0.25, 0.3) is 0 Å². The molecular weight excluding hydrogens is 390 g/mol. The number of aromatic nitrogens is 1. The third kappa shape index (κ3) is 5.59. The van der Waals surface area contributed by atoms with Gasteiger partial charge in [-0.15, -0.1) is 23.1 Å². The van der Waals surface area contributed by atoms with Gasteiger partial charge in [-0.25, -0.2) is 4.98 Å². The second kappa shape index (κ2) is 9.93. The lowest BCUT2D eigenvalue weighted by atomic mass is 10.2. The molecule has 2 aromatic carbocycles. The fraction of sp³-hybridized carbons (Fsp3) is 0.190. The molecule has 0 atom stereocenters. The van der Waals surface area contributed by atoms with E-state index in [0.29, 0.717) is 17.9 Å². The van der Waals surface area contributed by atoms with Gasteiger partial charge in [0.05, 0.1) is 16.3 Å². The number of thiazole rings is 1. The molecule has 3 rings (SSSR count). The normalized spacial score (nSPS) is 10.3. The molecule has 0 bridgehead atoms. The number of benzene rings is 2. The summed E-state index contributed by atoms with van der Waals surface area (Å²) < 4.78 is 5.30. The van der Waals surface area contributed by atoms with Crippen LogP contribution in [0.3, 0.4) is 0 Å². The molecule has 0 spiro atoms. The zero-order chi connectivity index (χ0) is 19.8. The van der Waals surface area contributed by atoms with Gasteiger partial charge < -0.3 is 10.1 Å². The molecule has 142 valence electrons. The average Bonchev–Trinajstić information content (AvgIpc) is 3.14. The molecule has 7 heteroatoms. The molecule has 0 unspecified atom stereocenters. The minimum Gasteiger partial charge on any atom is -0.479 e. The zero-order valence-corrected chi connectivity index (χ0v) is 17.0. The third-order valence-electron chi connectivity index (χ3n) is 3.83. The molecule has 0 aliphatic rings. The highest BCUT2D eigenvalue weighted by Gasteiger charge is 2.12. The van der Waals surface area contributed by atoms with E-state index in [1.807, 2.05) is 60.8 Å². The van der Waals surface area contributed by atoms with E-state index < -0.39 is 0 Å². The van der Waals surface area contributed by atoms with Crippen LogP contribution < -0.4 is 10.1 Å². The van der Waals surface area contributed by atoms with Crippen molar-refractivity contribution >= 4 is 29.0 Å². The van der Waals surface area contributed by atoms with Crippen LogP contribution in [-0.2, 0) is 12.3 Å². The predicted octanol–water partition coefficient (Wildman–Crippen LogP) is 4.58. The molecule has 0 saturated heterocycles. The zero-order valence-electron chi connectivity index (χ0n) is 15.3. The number of nitrogens with one attached hydrogen (secondary N) is 1. The Kier molecular flexibility index (Phi) is 7.06. The fourth-order valence-electron chi connectivity index (χ4n) is 2.54. The standard InChI is InChI=1S/C21H19N3O2S2/c1-15-24-17(13-27-15)14-28-20-8-3-2-7-19(20)21(25)23-12-16-5-4-6-18(11-16)26-10-9-22/h2-8,11,13H,10,12,14H2,1H3,(H,23,25). The largest absolute Gasteiger partial charge is 0.479 e. The highest BCUT2D eigenvalue weighted by molar-refractivity contribution is 7.98. The van der Waals surface area contributed by atoms with Crippen molar-refractivity contribution in [3.05, 3.63) is 75.7 Å². The second-order valence-corrected chi connectivity index (χ2v) is 8.00. The number of rotatable bonds is 8. The van der Waals surface area contributed by atoms with Crippen molar-refractivity contribution in [2.24, 2.45) is 0 Å². The van der Waals surface area contributed by atoms with Gasteiger partial charge in [0.25, 0.3) is 5.91 Å². The first kappa shape index (κ1) is 19.9. The van der Waals surface area contributed by atoms with Crippen molar-refractivity contribution < 1.29 is 9.53 Å². The van der Waals surface area contributed by atoms with E-state index in [1.54, 1.807) is 29.2 Å². The van der Waals surface area contributed by atoms with Gasteiger partial charge in [0, 0.05) is 22.6 Å². The maximum atomic E-state index is 12.7. The van der Waals surface area contributed by atoms with Crippen LogP contribution in [0.5, 0.6) is 5.75 Å². The minimum atomic E-state index is -0.124. The predicted molar refractivity (Wildman–Crippen MR) is 112 cm³/mol. The van der Waals surface area contributed by atoms with Crippen LogP contribution in [-0.4, -0.2) is 17.5 Å². The lowest BCUT2D eigenvalue weighted by Gasteiger charge is -2.10. The van der Waals surface area contributed by atoms with Gasteiger partial charge in [-0.3, -0.25) is 4.79 Å². The number of nitriles is 1. The summed E-state index contributed by atoms with van der Waals surface area (Å²) in [7, 11) is 0. The summed E-state index contributed by atoms with van der Waals surface area (Å²) in [5.74, 6) is 1.22. The highest BCUT2D eigenvalue weighted by Crippen LogP contribution is 2.27. The molecule has 1 amide bonds. The van der Waals surface area contributed by atoms with Crippen LogP contribution >= 0.6 is 23.1 Å². The Labute approximate surface area is 172 Å². The lowest BCUT2D eigenvalue weighted by Crippen LogP contribution is -2.23. The number of hydrogen-bond donors (Lipinski definition) is 1. The number of carbonyl (C=O) groups is 1. The number of hydrogen-bond acceptors (Lipinski definition) is 6. The smallest absolute Gasteiger partial charge is 0.252 e. The fourth-order valence-corrected chi connectivity index (χ4v) is 4.21. The molecular formula is C21H19N3O2S2. The molecule has 1 N–H and O–H groups in total. The molecule has 28 heavy (non-hydrogen) atoms. The Morgan fingerprint density at radius 1 is 1.29 bits per heavy atom. The summed E-state index contributed by atoms with van der Waals surface area (Å²) >= 11 is 3.24. The Bertz CT molecular complexity index is 995. The van der Waals surface area contributed by atoms with Crippen LogP contribution in [0.15, 0.2) is 58.8 Å². The lowest BCUT2D eigenvalue weighted by molar-refractivity contribution is 0.0948. The number of aryl methyl sites for hydroxylation is 1. The number of thioether (sulfide) groups is 1. The van der Waals surface area contributed by atoms with E-state index in [9.17, 15) is 4.79 Å². The molecule has 3 aromatic rings. The molecule has 0 saturated carbocycles. The van der Waals surface area contributed by atoms with Crippen molar-refractivity contribution in [2.45, 2.75) is 24.1 Å². The Balaban J connectivity index is 1.62. The highest BCUT2D eigenvalue weighted by atomic mass is 32.2. The SMILES string of the molecule is Cc1nc(CSc2ccccc2C(=O)NCc2cccc(OCC#N)c2)cs1. The number of carbonyl (C=O) groups excluding carboxylic acids is 1. The van der Waals surface area contributed by atoms with Crippen molar-refractivity contribution in [1.82, 2.24) is 10.3 Å². The van der Waals surface area contributed by atoms with E-state index in [2.05, 4.69) is 10.3 Å². The quantitative estimate of drug-likeness (QED) is 0.551. The van der Waals surface area contributed by atoms with Crippen LogP contribution in [0.1, 0.15) is 26.6 Å². The monoisotopic (exact) mass is 409 g/mol. The van der Waals surface area contributed by atoms with Gasteiger partial charge in [0.15, 0.2) is 6.61 Å². The number of amides is 1. The molecule has 5 nitrogen and oxygen atoms in total. The minimum absolute atomic E-state index is 0.00107. The molecule has 0 aliphatic carbocycles. The van der Waals surface area contributed by atoms with Crippen molar-refractivity contribution in [3.8, 4) is 11.8 Å². The van der Waals surface area contributed by atoms with Gasteiger partial charge in [-0.05, 0) is 36.8 Å². The summed E-state index contributed by atoms with van der Waals surface area (Å²) in [6, 6.07) is 16.9. The average molecular weight is 410 g/mol. The Morgan fingerprint density at radius 2 is 2.14 bits per heavy atom. The number of nitrogens with zero attached hydrogens (tertiary/aromatic N) is 2. The van der Waals surface area contributed by atoms with Gasteiger partial charge in [-0.2, -0.15) is 5.26 Å². The molecule has 0 aliphatic heterocycles. The van der Waals surface area contributed by atoms with E-state index >= 15 is 0 Å². The van der Waals surface area contributed by atoms with E-state index in [1.165, 1.54) is 0 Å². The summed E-state index contributed by atoms with van der Waals surface area (Å²) in [5, 5.41) is 14.7. The summed E-state index contributed by atoms with van der Waals surface area (Å²) in [5.41, 5.74) is 2.58. The topological polar surface area (TPSA) is 75.0 Å². The molecule has 0 fully saturated rings. The van der Waals surface area contributed by atoms with Crippen LogP contribution in [0.2, 0.25) is 0 Å². The van der Waals surface area contributed by atoms with E-state index in [0.717, 1.165) is 26.9 Å². The first-order chi connectivity index (χ1) is 13.7.